The lowest BCUT2D eigenvalue weighted by atomic mass is 10.2. The Balaban J connectivity index is 1.70. The fourth-order valence-corrected chi connectivity index (χ4v) is 4.83. The van der Waals surface area contributed by atoms with E-state index in [2.05, 4.69) is 5.10 Å². The van der Waals surface area contributed by atoms with Gasteiger partial charge in [-0.15, -0.1) is 5.10 Å². The van der Waals surface area contributed by atoms with Crippen molar-refractivity contribution in [1.29, 1.82) is 0 Å². The molecular weight excluding hydrogens is 439 g/mol. The number of alkyl halides is 3. The molecule has 0 aliphatic rings. The minimum atomic E-state index is -4.44. The lowest BCUT2D eigenvalue weighted by Crippen LogP contribution is -2.35. The Hall–Kier alpha value is -2.17. The van der Waals surface area contributed by atoms with E-state index in [1.165, 1.54) is 29.0 Å². The summed E-state index contributed by atoms with van der Waals surface area (Å²) in [7, 11) is 1.12. The Morgan fingerprint density at radius 2 is 1.83 bits per heavy atom. The average molecular weight is 456 g/mol. The number of carbonyl (C=O) groups excluding carboxylic acids is 1. The van der Waals surface area contributed by atoms with Gasteiger partial charge in [0.1, 0.15) is 6.54 Å². The predicted octanol–water partition coefficient (Wildman–Crippen LogP) is 5.59. The van der Waals surface area contributed by atoms with Gasteiger partial charge in [0.15, 0.2) is 8.29 Å². The molecule has 0 saturated carbocycles. The second-order valence-corrected chi connectivity index (χ2v) is 8.99. The van der Waals surface area contributed by atoms with E-state index < -0.39 is 18.6 Å². The van der Waals surface area contributed by atoms with Crippen LogP contribution in [-0.4, -0.2) is 40.4 Å². The molecule has 1 amide bonds. The number of hydrogen-bond donors (Lipinski definition) is 0. The van der Waals surface area contributed by atoms with Crippen LogP contribution in [0, 0.1) is 3.95 Å². The fourth-order valence-electron chi connectivity index (χ4n) is 2.51. The highest BCUT2D eigenvalue weighted by Crippen LogP contribution is 2.27. The smallest absolute Gasteiger partial charge is 0.333 e. The lowest BCUT2D eigenvalue weighted by molar-refractivity contribution is -0.138. The average Bonchev–Trinajstić information content (AvgIpc) is 3.06. The Morgan fingerprint density at radius 1 is 1.17 bits per heavy atom. The van der Waals surface area contributed by atoms with Crippen molar-refractivity contribution in [3.05, 3.63) is 69.7 Å². The van der Waals surface area contributed by atoms with Gasteiger partial charge in [-0.05, 0) is 42.0 Å². The van der Waals surface area contributed by atoms with Gasteiger partial charge in [-0.25, -0.2) is 4.68 Å². The van der Waals surface area contributed by atoms with E-state index in [0.29, 0.717) is 14.5 Å². The normalized spacial score (nSPS) is 11.4. The molecule has 4 nitrogen and oxygen atoms in total. The first-order valence-electron chi connectivity index (χ1n) is 8.42. The minimum absolute atomic E-state index is 0.168. The number of amides is 1. The van der Waals surface area contributed by atoms with Crippen LogP contribution in [0.4, 0.5) is 13.2 Å². The Labute approximate surface area is 179 Å². The molecule has 0 aliphatic carbocycles. The number of benzene rings is 2. The second-order valence-electron chi connectivity index (χ2n) is 6.14. The lowest BCUT2D eigenvalue weighted by Gasteiger charge is -2.19. The summed E-state index contributed by atoms with van der Waals surface area (Å²) in [4.78, 5) is 12.8. The van der Waals surface area contributed by atoms with Crippen molar-refractivity contribution in [3.8, 4) is 5.69 Å². The third-order valence-corrected chi connectivity index (χ3v) is 6.29. The quantitative estimate of drug-likeness (QED) is 0.359. The van der Waals surface area contributed by atoms with Gasteiger partial charge in [0.25, 0.3) is 5.91 Å². The molecule has 0 spiro atoms. The highest BCUT2D eigenvalue weighted by Gasteiger charge is 2.31. The maximum absolute atomic E-state index is 12.5. The molecule has 2 aromatic carbocycles. The van der Waals surface area contributed by atoms with Crippen LogP contribution in [-0.2, 0) is 5.75 Å². The molecule has 1 heterocycles. The van der Waals surface area contributed by atoms with E-state index in [4.69, 9.17) is 12.2 Å². The summed E-state index contributed by atoms with van der Waals surface area (Å²) in [5.41, 5.74) is 1.99. The molecule has 3 aromatic rings. The highest BCUT2D eigenvalue weighted by molar-refractivity contribution is 8.00. The van der Waals surface area contributed by atoms with Gasteiger partial charge < -0.3 is 4.90 Å². The van der Waals surface area contributed by atoms with Crippen molar-refractivity contribution in [3.63, 3.8) is 0 Å². The van der Waals surface area contributed by atoms with Crippen LogP contribution >= 0.6 is 35.3 Å². The van der Waals surface area contributed by atoms with E-state index in [0.717, 1.165) is 17.1 Å². The molecule has 10 heteroatoms. The number of halogens is 3. The van der Waals surface area contributed by atoms with E-state index in [1.807, 2.05) is 30.3 Å². The number of carbonyl (C=O) groups is 1. The molecule has 0 unspecified atom stereocenters. The standard InChI is InChI=1S/C19H16F3N3OS3/c1-24(12-19(20,21)22)16(26)14-7-9-15(10-8-14)25-18(27)29-17(23-25)28-11-13-5-3-2-4-6-13/h2-10H,11-12H2,1H3. The molecule has 3 rings (SSSR count). The molecule has 29 heavy (non-hydrogen) atoms. The summed E-state index contributed by atoms with van der Waals surface area (Å²) >= 11 is 8.33. The van der Waals surface area contributed by atoms with Crippen LogP contribution < -0.4 is 0 Å². The van der Waals surface area contributed by atoms with Gasteiger partial charge >= 0.3 is 6.18 Å². The zero-order valence-corrected chi connectivity index (χ0v) is 17.7. The molecule has 0 saturated heterocycles. The summed E-state index contributed by atoms with van der Waals surface area (Å²) in [6, 6.07) is 16.2. The molecule has 0 radical (unpaired) electrons. The molecular formula is C19H16F3N3OS3. The summed E-state index contributed by atoms with van der Waals surface area (Å²) in [6.45, 7) is -1.30. The first-order valence-corrected chi connectivity index (χ1v) is 10.6. The molecule has 152 valence electrons. The molecule has 0 atom stereocenters. The zero-order chi connectivity index (χ0) is 21.0. The summed E-state index contributed by atoms with van der Waals surface area (Å²) < 4.78 is 40.3. The Bertz CT molecular complexity index is 1030. The van der Waals surface area contributed by atoms with Crippen LogP contribution in [0.2, 0.25) is 0 Å². The second kappa shape index (κ2) is 9.10. The number of hydrogen-bond acceptors (Lipinski definition) is 5. The molecule has 0 fully saturated rings. The largest absolute Gasteiger partial charge is 0.406 e. The van der Waals surface area contributed by atoms with Crippen LogP contribution in [0.3, 0.4) is 0 Å². The van der Waals surface area contributed by atoms with Crippen molar-refractivity contribution in [2.24, 2.45) is 0 Å². The van der Waals surface area contributed by atoms with Crippen molar-refractivity contribution < 1.29 is 18.0 Å². The number of aromatic nitrogens is 2. The van der Waals surface area contributed by atoms with Gasteiger partial charge in [-0.3, -0.25) is 4.79 Å². The Kier molecular flexibility index (Phi) is 6.76. The SMILES string of the molecule is CN(CC(F)(F)F)C(=O)c1ccc(-n2nc(SCc3ccccc3)sc2=S)cc1. The van der Waals surface area contributed by atoms with Gasteiger partial charge in [-0.1, -0.05) is 53.4 Å². The van der Waals surface area contributed by atoms with E-state index in [-0.39, 0.29) is 5.56 Å². The molecule has 0 N–H and O–H groups in total. The highest BCUT2D eigenvalue weighted by atomic mass is 32.2. The van der Waals surface area contributed by atoms with Crippen LogP contribution in [0.5, 0.6) is 0 Å². The zero-order valence-electron chi connectivity index (χ0n) is 15.2. The molecule has 0 aliphatic heterocycles. The van der Waals surface area contributed by atoms with Crippen LogP contribution in [0.25, 0.3) is 5.69 Å². The number of rotatable bonds is 6. The van der Waals surface area contributed by atoms with E-state index >= 15 is 0 Å². The third kappa shape index (κ3) is 5.91. The number of thioether (sulfide) groups is 1. The van der Waals surface area contributed by atoms with Crippen molar-refractivity contribution in [2.75, 3.05) is 13.6 Å². The van der Waals surface area contributed by atoms with Gasteiger partial charge in [0.2, 0.25) is 0 Å². The Morgan fingerprint density at radius 3 is 2.45 bits per heavy atom. The predicted molar refractivity (Wildman–Crippen MR) is 111 cm³/mol. The van der Waals surface area contributed by atoms with E-state index in [9.17, 15) is 18.0 Å². The first kappa shape index (κ1) is 21.5. The van der Waals surface area contributed by atoms with Gasteiger partial charge in [0.05, 0.1) is 5.69 Å². The maximum Gasteiger partial charge on any atom is 0.406 e. The minimum Gasteiger partial charge on any atom is -0.333 e. The number of nitrogens with zero attached hydrogens (tertiary/aromatic N) is 3. The monoisotopic (exact) mass is 455 g/mol. The summed E-state index contributed by atoms with van der Waals surface area (Å²) in [5.74, 6) is 0.0668. The summed E-state index contributed by atoms with van der Waals surface area (Å²) in [5, 5.41) is 4.50. The van der Waals surface area contributed by atoms with Gasteiger partial charge in [-0.2, -0.15) is 13.2 Å². The van der Waals surface area contributed by atoms with Crippen LogP contribution in [0.15, 0.2) is 58.9 Å². The van der Waals surface area contributed by atoms with E-state index in [1.54, 1.807) is 28.6 Å². The molecule has 1 aromatic heterocycles. The summed E-state index contributed by atoms with van der Waals surface area (Å²) in [6.07, 6.45) is -4.44. The fraction of sp³-hybridized carbons (Fsp3) is 0.211. The first-order chi connectivity index (χ1) is 13.7. The van der Waals surface area contributed by atoms with Gasteiger partial charge in [0, 0.05) is 18.4 Å². The maximum atomic E-state index is 12.5. The molecule has 0 bridgehead atoms. The van der Waals surface area contributed by atoms with Crippen molar-refractivity contribution in [2.45, 2.75) is 16.3 Å². The van der Waals surface area contributed by atoms with Crippen molar-refractivity contribution >= 4 is 41.2 Å². The third-order valence-electron chi connectivity index (χ3n) is 3.86. The van der Waals surface area contributed by atoms with Crippen LogP contribution in [0.1, 0.15) is 15.9 Å². The van der Waals surface area contributed by atoms with Crippen molar-refractivity contribution in [1.82, 2.24) is 14.7 Å². The topological polar surface area (TPSA) is 38.1 Å².